The zero-order chi connectivity index (χ0) is 21.7. The van der Waals surface area contributed by atoms with Gasteiger partial charge in [0.2, 0.25) is 5.96 Å². The van der Waals surface area contributed by atoms with E-state index in [0.29, 0.717) is 18.9 Å². The molecule has 6 nitrogen and oxygen atoms in total. The molecule has 3 rings (SSSR count). The highest BCUT2D eigenvalue weighted by atomic mass is 19.1. The number of benzene rings is 2. The van der Waals surface area contributed by atoms with Gasteiger partial charge in [-0.1, -0.05) is 24.3 Å². The lowest BCUT2D eigenvalue weighted by molar-refractivity contribution is 0.0976. The van der Waals surface area contributed by atoms with Crippen LogP contribution in [-0.2, 0) is 13.5 Å². The van der Waals surface area contributed by atoms with E-state index in [1.807, 2.05) is 56.8 Å². The molecule has 0 aliphatic heterocycles. The Hall–Kier alpha value is -3.48. The molecular formula is C23H26FN5O. The van der Waals surface area contributed by atoms with Gasteiger partial charge in [-0.3, -0.25) is 19.8 Å². The predicted octanol–water partition coefficient (Wildman–Crippen LogP) is 3.93. The highest BCUT2D eigenvalue weighted by Gasteiger charge is 2.12. The van der Waals surface area contributed by atoms with Gasteiger partial charge in [0.25, 0.3) is 5.91 Å². The number of aryl methyl sites for hydroxylation is 3. The summed E-state index contributed by atoms with van der Waals surface area (Å²) in [5, 5.41) is 10.4. The first-order chi connectivity index (χ1) is 14.3. The molecule has 0 saturated heterocycles. The van der Waals surface area contributed by atoms with E-state index in [0.717, 1.165) is 28.2 Å². The lowest BCUT2D eigenvalue weighted by Crippen LogP contribution is -2.36. The maximum atomic E-state index is 13.5. The number of carbonyl (C=O) groups is 1. The van der Waals surface area contributed by atoms with Crippen LogP contribution in [0.5, 0.6) is 0 Å². The van der Waals surface area contributed by atoms with Crippen LogP contribution in [-0.4, -0.2) is 28.2 Å². The van der Waals surface area contributed by atoms with Crippen LogP contribution >= 0.6 is 0 Å². The van der Waals surface area contributed by atoms with E-state index >= 15 is 0 Å². The van der Waals surface area contributed by atoms with Crippen molar-refractivity contribution < 1.29 is 9.18 Å². The zero-order valence-corrected chi connectivity index (χ0v) is 17.7. The van der Waals surface area contributed by atoms with Gasteiger partial charge in [-0.25, -0.2) is 4.39 Å². The van der Waals surface area contributed by atoms with Gasteiger partial charge in [0, 0.05) is 30.5 Å². The van der Waals surface area contributed by atoms with Gasteiger partial charge in [-0.15, -0.1) is 0 Å². The standard InChI is InChI=1S/C23H26FN5O/c1-15-8-5-6-11-21(15)26-23(27-22(30)18-9-7-10-19(24)14-18)25-13-12-20-16(2)28-29(4)17(20)3/h5-11,14H,12-13H2,1-4H3,(H2,25,26,27,30). The van der Waals surface area contributed by atoms with Gasteiger partial charge >= 0.3 is 0 Å². The minimum Gasteiger partial charge on any atom is -0.326 e. The SMILES string of the molecule is Cc1ccccc1NC(=NCCc1c(C)nn(C)c1C)NC(=O)c1cccc(F)c1. The van der Waals surface area contributed by atoms with Crippen molar-refractivity contribution in [2.75, 3.05) is 11.9 Å². The Morgan fingerprint density at radius 1 is 1.13 bits per heavy atom. The number of aliphatic imine (C=N–C) groups is 1. The van der Waals surface area contributed by atoms with Gasteiger partial charge in [0.15, 0.2) is 0 Å². The summed E-state index contributed by atoms with van der Waals surface area (Å²) in [4.78, 5) is 17.2. The van der Waals surface area contributed by atoms with Crippen LogP contribution < -0.4 is 10.6 Å². The van der Waals surface area contributed by atoms with Gasteiger partial charge in [-0.05, 0) is 62.6 Å². The van der Waals surface area contributed by atoms with Crippen molar-refractivity contribution in [2.24, 2.45) is 12.0 Å². The number of carbonyl (C=O) groups excluding carboxylic acids is 1. The molecule has 1 heterocycles. The Labute approximate surface area is 175 Å². The fourth-order valence-electron chi connectivity index (χ4n) is 3.22. The number of rotatable bonds is 5. The number of nitrogens with zero attached hydrogens (tertiary/aromatic N) is 3. The van der Waals surface area contributed by atoms with Crippen LogP contribution in [0.25, 0.3) is 0 Å². The molecule has 3 aromatic rings. The Balaban J connectivity index is 1.80. The molecule has 2 N–H and O–H groups in total. The average Bonchev–Trinajstić information content (AvgIpc) is 2.95. The third-order valence-electron chi connectivity index (χ3n) is 5.01. The van der Waals surface area contributed by atoms with E-state index in [2.05, 4.69) is 20.7 Å². The maximum absolute atomic E-state index is 13.5. The first-order valence-corrected chi connectivity index (χ1v) is 9.78. The summed E-state index contributed by atoms with van der Waals surface area (Å²) in [7, 11) is 1.92. The molecule has 0 fully saturated rings. The first-order valence-electron chi connectivity index (χ1n) is 9.78. The fraction of sp³-hybridized carbons (Fsp3) is 0.261. The van der Waals surface area contributed by atoms with Crippen molar-refractivity contribution in [3.8, 4) is 0 Å². The molecule has 1 aromatic heterocycles. The van der Waals surface area contributed by atoms with Crippen LogP contribution in [0, 0.1) is 26.6 Å². The summed E-state index contributed by atoms with van der Waals surface area (Å²) in [6, 6.07) is 13.3. The maximum Gasteiger partial charge on any atom is 0.258 e. The summed E-state index contributed by atoms with van der Waals surface area (Å²) in [6.07, 6.45) is 0.695. The molecule has 0 aliphatic carbocycles. The lowest BCUT2D eigenvalue weighted by atomic mass is 10.1. The Morgan fingerprint density at radius 2 is 1.90 bits per heavy atom. The second-order valence-corrected chi connectivity index (χ2v) is 7.16. The second kappa shape index (κ2) is 9.35. The van der Waals surface area contributed by atoms with Crippen LogP contribution in [0.4, 0.5) is 10.1 Å². The smallest absolute Gasteiger partial charge is 0.258 e. The van der Waals surface area contributed by atoms with E-state index in [-0.39, 0.29) is 5.56 Å². The number of aromatic nitrogens is 2. The second-order valence-electron chi connectivity index (χ2n) is 7.16. The van der Waals surface area contributed by atoms with Crippen molar-refractivity contribution in [1.29, 1.82) is 0 Å². The van der Waals surface area contributed by atoms with Gasteiger partial charge < -0.3 is 5.32 Å². The number of para-hydroxylation sites is 1. The van der Waals surface area contributed by atoms with E-state index in [4.69, 9.17) is 0 Å². The largest absolute Gasteiger partial charge is 0.326 e. The van der Waals surface area contributed by atoms with Crippen molar-refractivity contribution in [3.63, 3.8) is 0 Å². The third kappa shape index (κ3) is 5.11. The van der Waals surface area contributed by atoms with Crippen LogP contribution in [0.2, 0.25) is 0 Å². The van der Waals surface area contributed by atoms with Crippen molar-refractivity contribution >= 4 is 17.6 Å². The van der Waals surface area contributed by atoms with Crippen molar-refractivity contribution in [3.05, 3.63) is 82.4 Å². The molecule has 2 aromatic carbocycles. The summed E-state index contributed by atoms with van der Waals surface area (Å²) < 4.78 is 15.4. The van der Waals surface area contributed by atoms with E-state index < -0.39 is 11.7 Å². The number of anilines is 1. The van der Waals surface area contributed by atoms with E-state index in [1.165, 1.54) is 18.2 Å². The van der Waals surface area contributed by atoms with Crippen LogP contribution in [0.3, 0.4) is 0 Å². The normalized spacial score (nSPS) is 11.4. The molecule has 1 amide bonds. The third-order valence-corrected chi connectivity index (χ3v) is 5.01. The number of halogens is 1. The van der Waals surface area contributed by atoms with Crippen molar-refractivity contribution in [1.82, 2.24) is 15.1 Å². The van der Waals surface area contributed by atoms with Crippen molar-refractivity contribution in [2.45, 2.75) is 27.2 Å². The molecule has 0 atom stereocenters. The minimum atomic E-state index is -0.462. The summed E-state index contributed by atoms with van der Waals surface area (Å²) >= 11 is 0. The average molecular weight is 407 g/mol. The monoisotopic (exact) mass is 407 g/mol. The first kappa shape index (κ1) is 21.2. The molecule has 0 saturated carbocycles. The number of amides is 1. The molecule has 0 aliphatic rings. The molecule has 0 bridgehead atoms. The topological polar surface area (TPSA) is 71.3 Å². The van der Waals surface area contributed by atoms with Crippen LogP contribution in [0.15, 0.2) is 53.5 Å². The highest BCUT2D eigenvalue weighted by Crippen LogP contribution is 2.14. The molecule has 0 radical (unpaired) electrons. The molecule has 0 unspecified atom stereocenters. The number of nitrogens with one attached hydrogen (secondary N) is 2. The zero-order valence-electron chi connectivity index (χ0n) is 17.7. The van der Waals surface area contributed by atoms with Crippen LogP contribution in [0.1, 0.15) is 32.9 Å². The quantitative estimate of drug-likeness (QED) is 0.497. The molecular weight excluding hydrogens is 381 g/mol. The Morgan fingerprint density at radius 3 is 2.57 bits per heavy atom. The number of hydrogen-bond acceptors (Lipinski definition) is 3. The Kier molecular flexibility index (Phi) is 6.61. The summed E-state index contributed by atoms with van der Waals surface area (Å²) in [6.45, 7) is 6.43. The molecule has 7 heteroatoms. The van der Waals surface area contributed by atoms with Gasteiger partial charge in [-0.2, -0.15) is 5.10 Å². The number of guanidine groups is 1. The summed E-state index contributed by atoms with van der Waals surface area (Å²) in [5.41, 5.74) is 5.30. The molecule has 0 spiro atoms. The fourth-order valence-corrected chi connectivity index (χ4v) is 3.22. The Bertz CT molecular complexity index is 1090. The van der Waals surface area contributed by atoms with Gasteiger partial charge in [0.1, 0.15) is 5.82 Å². The van der Waals surface area contributed by atoms with E-state index in [9.17, 15) is 9.18 Å². The number of hydrogen-bond donors (Lipinski definition) is 2. The highest BCUT2D eigenvalue weighted by molar-refractivity contribution is 6.10. The molecule has 30 heavy (non-hydrogen) atoms. The van der Waals surface area contributed by atoms with E-state index in [1.54, 1.807) is 6.07 Å². The predicted molar refractivity (Wildman–Crippen MR) is 117 cm³/mol. The van der Waals surface area contributed by atoms with Gasteiger partial charge in [0.05, 0.1) is 5.69 Å². The minimum absolute atomic E-state index is 0.230. The molecule has 156 valence electrons. The summed E-state index contributed by atoms with van der Waals surface area (Å²) in [5.74, 6) is -0.573. The lowest BCUT2D eigenvalue weighted by Gasteiger charge is -2.14.